The van der Waals surface area contributed by atoms with Gasteiger partial charge in [0.2, 0.25) is 5.95 Å². The van der Waals surface area contributed by atoms with Gasteiger partial charge in [0.25, 0.3) is 0 Å². The van der Waals surface area contributed by atoms with E-state index in [9.17, 15) is 9.90 Å². The van der Waals surface area contributed by atoms with Gasteiger partial charge in [-0.3, -0.25) is 4.90 Å². The zero-order valence-corrected chi connectivity index (χ0v) is 12.6. The van der Waals surface area contributed by atoms with Gasteiger partial charge in [0.15, 0.2) is 0 Å². The Bertz CT molecular complexity index is 636. The van der Waals surface area contributed by atoms with Crippen molar-refractivity contribution in [1.29, 1.82) is 0 Å². The molecule has 0 amide bonds. The molecule has 110 valence electrons. The van der Waals surface area contributed by atoms with Gasteiger partial charge in [-0.25, -0.2) is 14.8 Å². The summed E-state index contributed by atoms with van der Waals surface area (Å²) >= 11 is 5.92. The van der Waals surface area contributed by atoms with Crippen LogP contribution < -0.4 is 4.90 Å². The molecule has 0 aliphatic carbocycles. The number of rotatable bonds is 5. The summed E-state index contributed by atoms with van der Waals surface area (Å²) in [6, 6.07) is 10.7. The van der Waals surface area contributed by atoms with Crippen molar-refractivity contribution in [3.8, 4) is 0 Å². The number of halogens is 1. The topological polar surface area (TPSA) is 66.3 Å². The van der Waals surface area contributed by atoms with Gasteiger partial charge in [-0.05, 0) is 31.5 Å². The number of hydrogen-bond acceptors (Lipinski definition) is 4. The first-order valence-corrected chi connectivity index (χ1v) is 6.94. The van der Waals surface area contributed by atoms with E-state index in [1.807, 2.05) is 37.3 Å². The van der Waals surface area contributed by atoms with Crippen LogP contribution in [-0.2, 0) is 4.79 Å². The van der Waals surface area contributed by atoms with Crippen LogP contribution in [0.25, 0.3) is 0 Å². The highest BCUT2D eigenvalue weighted by molar-refractivity contribution is 6.29. The summed E-state index contributed by atoms with van der Waals surface area (Å²) in [5.74, 6) is -0.683. The Balaban J connectivity index is 2.63. The molecule has 0 spiro atoms. The van der Waals surface area contributed by atoms with Crippen LogP contribution in [0, 0.1) is 0 Å². The van der Waals surface area contributed by atoms with Crippen molar-refractivity contribution in [3.63, 3.8) is 0 Å². The predicted octanol–water partition coefficient (Wildman–Crippen LogP) is 3.52. The second-order valence-corrected chi connectivity index (χ2v) is 5.17. The van der Waals surface area contributed by atoms with E-state index in [0.717, 1.165) is 0 Å². The van der Waals surface area contributed by atoms with Crippen LogP contribution in [0.2, 0.25) is 5.15 Å². The molecular weight excluding hydrogens is 290 g/mol. The maximum absolute atomic E-state index is 11.8. The van der Waals surface area contributed by atoms with Crippen molar-refractivity contribution in [3.05, 3.63) is 47.7 Å². The molecule has 0 aliphatic rings. The molecule has 0 fully saturated rings. The summed E-state index contributed by atoms with van der Waals surface area (Å²) in [4.78, 5) is 21.7. The maximum atomic E-state index is 11.8. The minimum atomic E-state index is -1.17. The normalized spacial score (nSPS) is 13.5. The molecule has 5 nitrogen and oxygen atoms in total. The SMILES string of the molecule is CCC(C)(C(=O)O)N(c1ccccc1)c1nccc(Cl)n1. The Morgan fingerprint density at radius 2 is 2.00 bits per heavy atom. The smallest absolute Gasteiger partial charge is 0.329 e. The van der Waals surface area contributed by atoms with Crippen LogP contribution in [0.5, 0.6) is 0 Å². The Morgan fingerprint density at radius 3 is 2.52 bits per heavy atom. The van der Waals surface area contributed by atoms with Gasteiger partial charge < -0.3 is 5.11 Å². The zero-order valence-electron chi connectivity index (χ0n) is 11.8. The number of para-hydroxylation sites is 1. The first kappa shape index (κ1) is 15.3. The highest BCUT2D eigenvalue weighted by atomic mass is 35.5. The molecule has 6 heteroatoms. The van der Waals surface area contributed by atoms with Crippen LogP contribution in [0.15, 0.2) is 42.6 Å². The number of carboxylic acid groups (broad SMARTS) is 1. The number of hydrogen-bond donors (Lipinski definition) is 1. The van der Waals surface area contributed by atoms with Gasteiger partial charge in [0, 0.05) is 11.9 Å². The van der Waals surface area contributed by atoms with Gasteiger partial charge in [-0.2, -0.15) is 0 Å². The van der Waals surface area contributed by atoms with E-state index in [-0.39, 0.29) is 11.1 Å². The first-order valence-electron chi connectivity index (χ1n) is 6.56. The van der Waals surface area contributed by atoms with E-state index < -0.39 is 11.5 Å². The molecule has 2 aromatic rings. The molecule has 0 radical (unpaired) electrons. The minimum Gasteiger partial charge on any atom is -0.479 e. The summed E-state index contributed by atoms with van der Waals surface area (Å²) < 4.78 is 0. The van der Waals surface area contributed by atoms with Crippen molar-refractivity contribution in [1.82, 2.24) is 9.97 Å². The molecule has 0 aliphatic heterocycles. The molecule has 1 heterocycles. The van der Waals surface area contributed by atoms with Crippen LogP contribution in [0.3, 0.4) is 0 Å². The van der Waals surface area contributed by atoms with Crippen molar-refractivity contribution in [2.45, 2.75) is 25.8 Å². The molecule has 1 unspecified atom stereocenters. The van der Waals surface area contributed by atoms with Crippen LogP contribution in [0.4, 0.5) is 11.6 Å². The van der Waals surface area contributed by atoms with Gasteiger partial charge in [-0.15, -0.1) is 0 Å². The standard InChI is InChI=1S/C15H16ClN3O2/c1-3-15(2,13(20)21)19(11-7-5-4-6-8-11)14-17-10-9-12(16)18-14/h4-10H,3H2,1-2H3,(H,20,21). The predicted molar refractivity (Wildman–Crippen MR) is 82.0 cm³/mol. The Kier molecular flexibility index (Phi) is 4.43. The lowest BCUT2D eigenvalue weighted by Crippen LogP contribution is -2.50. The van der Waals surface area contributed by atoms with Gasteiger partial charge in [0.05, 0.1) is 0 Å². The van der Waals surface area contributed by atoms with Crippen molar-refractivity contribution in [2.75, 3.05) is 4.90 Å². The van der Waals surface area contributed by atoms with Crippen LogP contribution in [-0.4, -0.2) is 26.6 Å². The fourth-order valence-corrected chi connectivity index (χ4v) is 2.17. The number of aromatic nitrogens is 2. The summed E-state index contributed by atoms with van der Waals surface area (Å²) in [5, 5.41) is 9.93. The summed E-state index contributed by atoms with van der Waals surface area (Å²) in [6.07, 6.45) is 1.89. The van der Waals surface area contributed by atoms with E-state index in [0.29, 0.717) is 12.1 Å². The second kappa shape index (κ2) is 6.10. The number of carbonyl (C=O) groups is 1. The number of benzene rings is 1. The fraction of sp³-hybridized carbons (Fsp3) is 0.267. The van der Waals surface area contributed by atoms with E-state index >= 15 is 0 Å². The molecule has 2 rings (SSSR count). The summed E-state index contributed by atoms with van der Waals surface area (Å²) in [5.41, 5.74) is -0.474. The third kappa shape index (κ3) is 2.97. The van der Waals surface area contributed by atoms with E-state index in [4.69, 9.17) is 11.6 Å². The first-order chi connectivity index (χ1) is 9.99. The molecular formula is C15H16ClN3O2. The maximum Gasteiger partial charge on any atom is 0.329 e. The molecule has 0 bridgehead atoms. The molecule has 1 aromatic carbocycles. The highest BCUT2D eigenvalue weighted by Crippen LogP contribution is 2.33. The molecule has 0 saturated carbocycles. The Hall–Kier alpha value is -2.14. The van der Waals surface area contributed by atoms with Crippen LogP contribution in [0.1, 0.15) is 20.3 Å². The van der Waals surface area contributed by atoms with E-state index in [2.05, 4.69) is 9.97 Å². The second-order valence-electron chi connectivity index (χ2n) is 4.78. The summed E-state index contributed by atoms with van der Waals surface area (Å²) in [7, 11) is 0. The van der Waals surface area contributed by atoms with Gasteiger partial charge in [0.1, 0.15) is 10.7 Å². The van der Waals surface area contributed by atoms with Crippen LogP contribution >= 0.6 is 11.6 Å². The molecule has 21 heavy (non-hydrogen) atoms. The third-order valence-electron chi connectivity index (χ3n) is 3.47. The fourth-order valence-electron chi connectivity index (χ4n) is 2.04. The van der Waals surface area contributed by atoms with Crippen molar-refractivity contribution in [2.24, 2.45) is 0 Å². The largest absolute Gasteiger partial charge is 0.479 e. The molecule has 1 aromatic heterocycles. The molecule has 1 N–H and O–H groups in total. The number of aliphatic carboxylic acids is 1. The monoisotopic (exact) mass is 305 g/mol. The van der Waals surface area contributed by atoms with Gasteiger partial charge >= 0.3 is 5.97 Å². The molecule has 1 atom stereocenters. The quantitative estimate of drug-likeness (QED) is 0.856. The van der Waals surface area contributed by atoms with Crippen molar-refractivity contribution >= 4 is 29.2 Å². The lowest BCUT2D eigenvalue weighted by atomic mass is 9.96. The number of nitrogens with zero attached hydrogens (tertiary/aromatic N) is 3. The van der Waals surface area contributed by atoms with E-state index in [1.54, 1.807) is 17.9 Å². The van der Waals surface area contributed by atoms with Gasteiger partial charge in [-0.1, -0.05) is 36.7 Å². The zero-order chi connectivity index (χ0) is 15.5. The average Bonchev–Trinajstić information content (AvgIpc) is 2.48. The third-order valence-corrected chi connectivity index (χ3v) is 3.68. The Labute approximate surface area is 128 Å². The lowest BCUT2D eigenvalue weighted by molar-refractivity contribution is -0.142. The average molecular weight is 306 g/mol. The van der Waals surface area contributed by atoms with E-state index in [1.165, 1.54) is 6.20 Å². The molecule has 0 saturated heterocycles. The highest BCUT2D eigenvalue weighted by Gasteiger charge is 2.40. The summed E-state index contributed by atoms with van der Waals surface area (Å²) in [6.45, 7) is 3.46. The number of carboxylic acids is 1. The lowest BCUT2D eigenvalue weighted by Gasteiger charge is -2.37. The minimum absolute atomic E-state index is 0.264. The Morgan fingerprint density at radius 1 is 1.33 bits per heavy atom. The number of anilines is 2. The van der Waals surface area contributed by atoms with Crippen molar-refractivity contribution < 1.29 is 9.90 Å².